The van der Waals surface area contributed by atoms with Gasteiger partial charge in [-0.3, -0.25) is 9.88 Å². The Morgan fingerprint density at radius 2 is 1.92 bits per heavy atom. The van der Waals surface area contributed by atoms with Crippen LogP contribution in [0.3, 0.4) is 0 Å². The second kappa shape index (κ2) is 8.10. The highest BCUT2D eigenvalue weighted by atomic mass is 32.1. The molecule has 0 spiro atoms. The summed E-state index contributed by atoms with van der Waals surface area (Å²) < 4.78 is 0. The van der Waals surface area contributed by atoms with Crippen LogP contribution in [0, 0.1) is 13.8 Å². The number of nitrogens with one attached hydrogen (secondary N) is 1. The second-order valence-corrected chi connectivity index (χ2v) is 7.74. The van der Waals surface area contributed by atoms with E-state index < -0.39 is 0 Å². The number of thiophene rings is 1. The molecule has 138 valence electrons. The van der Waals surface area contributed by atoms with Gasteiger partial charge in [0.2, 0.25) is 0 Å². The first kappa shape index (κ1) is 18.7. The van der Waals surface area contributed by atoms with Gasteiger partial charge in [-0.25, -0.2) is 9.97 Å². The molecule has 0 aliphatic rings. The van der Waals surface area contributed by atoms with Gasteiger partial charge in [0.25, 0.3) is 0 Å². The summed E-state index contributed by atoms with van der Waals surface area (Å²) in [6.07, 6.45) is 1.83. The van der Waals surface area contributed by atoms with Gasteiger partial charge in [0.15, 0.2) is 0 Å². The number of rotatable bonds is 7. The first-order valence-corrected chi connectivity index (χ1v) is 10.0. The monoisotopic (exact) mass is 369 g/mol. The smallest absolute Gasteiger partial charge is 0.146 e. The first-order valence-electron chi connectivity index (χ1n) is 9.19. The summed E-state index contributed by atoms with van der Waals surface area (Å²) in [5.74, 6) is 1.79. The Kier molecular flexibility index (Phi) is 5.84. The topological polar surface area (TPSA) is 53.9 Å². The van der Waals surface area contributed by atoms with E-state index in [4.69, 9.17) is 9.97 Å². The molecule has 26 heavy (non-hydrogen) atoms. The van der Waals surface area contributed by atoms with Crippen molar-refractivity contribution < 1.29 is 0 Å². The molecule has 0 saturated heterocycles. The van der Waals surface area contributed by atoms with Crippen LogP contribution in [-0.4, -0.2) is 32.9 Å². The molecule has 0 aromatic carbocycles. The molecule has 0 aliphatic carbocycles. The summed E-state index contributed by atoms with van der Waals surface area (Å²) in [6, 6.07) is 6.07. The van der Waals surface area contributed by atoms with E-state index in [0.29, 0.717) is 0 Å². The van der Waals surface area contributed by atoms with Crippen molar-refractivity contribution in [3.05, 3.63) is 46.4 Å². The molecule has 0 bridgehead atoms. The summed E-state index contributed by atoms with van der Waals surface area (Å²) in [6.45, 7) is 13.5. The molecule has 1 atom stereocenters. The number of anilines is 1. The normalized spacial score (nSPS) is 12.7. The van der Waals surface area contributed by atoms with Crippen LogP contribution in [0.4, 0.5) is 5.82 Å². The Morgan fingerprint density at radius 1 is 1.15 bits per heavy atom. The molecular weight excluding hydrogens is 342 g/mol. The fourth-order valence-electron chi connectivity index (χ4n) is 3.03. The third-order valence-corrected chi connectivity index (χ3v) is 5.92. The second-order valence-electron chi connectivity index (χ2n) is 6.53. The summed E-state index contributed by atoms with van der Waals surface area (Å²) >= 11 is 1.75. The summed E-state index contributed by atoms with van der Waals surface area (Å²) in [4.78, 5) is 18.9. The highest BCUT2D eigenvalue weighted by molar-refractivity contribution is 7.18. The number of fused-ring (bicyclic) bond motifs is 1. The van der Waals surface area contributed by atoms with Crippen LogP contribution in [0.25, 0.3) is 10.2 Å². The molecule has 0 radical (unpaired) electrons. The molecular formula is C20H27N5S. The third kappa shape index (κ3) is 3.86. The largest absolute Gasteiger partial charge is 0.361 e. The maximum absolute atomic E-state index is 4.89. The van der Waals surface area contributed by atoms with Crippen LogP contribution in [0.5, 0.6) is 0 Å². The fraction of sp³-hybridized carbons (Fsp3) is 0.450. The summed E-state index contributed by atoms with van der Waals surface area (Å²) in [5.41, 5.74) is 2.27. The van der Waals surface area contributed by atoms with Gasteiger partial charge in [-0.05, 0) is 51.6 Å². The predicted octanol–water partition coefficient (Wildman–Crippen LogP) is 4.72. The van der Waals surface area contributed by atoms with Crippen LogP contribution < -0.4 is 5.32 Å². The van der Waals surface area contributed by atoms with E-state index in [9.17, 15) is 0 Å². The lowest BCUT2D eigenvalue weighted by atomic mass is 10.1. The molecule has 0 saturated carbocycles. The van der Waals surface area contributed by atoms with Crippen molar-refractivity contribution in [3.63, 3.8) is 0 Å². The molecule has 5 nitrogen and oxygen atoms in total. The van der Waals surface area contributed by atoms with E-state index in [2.05, 4.69) is 49.8 Å². The molecule has 3 rings (SSSR count). The molecule has 3 aromatic rings. The molecule has 0 amide bonds. The van der Waals surface area contributed by atoms with Gasteiger partial charge in [-0.2, -0.15) is 0 Å². The molecule has 6 heteroatoms. The molecule has 3 heterocycles. The Balaban J connectivity index is 2.00. The molecule has 3 aromatic heterocycles. The highest BCUT2D eigenvalue weighted by Gasteiger charge is 2.17. The minimum absolute atomic E-state index is 0.0789. The maximum atomic E-state index is 4.89. The average Bonchev–Trinajstić information content (AvgIpc) is 2.94. The number of nitrogens with zero attached hydrogens (tertiary/aromatic N) is 4. The standard InChI is InChI=1S/C20H27N5S/c1-6-25(7-2)12-17-23-19(18-13(3)15(5)26-20(18)24-17)22-14(4)16-10-8-9-11-21-16/h8-11,14H,6-7,12H2,1-5H3,(H,22,23,24)/t14-/m0/s1. The molecule has 1 N–H and O–H groups in total. The third-order valence-electron chi connectivity index (χ3n) is 4.82. The minimum Gasteiger partial charge on any atom is -0.361 e. The van der Waals surface area contributed by atoms with Crippen LogP contribution in [0.2, 0.25) is 0 Å². The van der Waals surface area contributed by atoms with Crippen molar-refractivity contribution in [2.75, 3.05) is 18.4 Å². The Morgan fingerprint density at radius 3 is 2.58 bits per heavy atom. The van der Waals surface area contributed by atoms with Crippen molar-refractivity contribution in [2.45, 2.75) is 47.2 Å². The van der Waals surface area contributed by atoms with Crippen LogP contribution >= 0.6 is 11.3 Å². The van der Waals surface area contributed by atoms with Gasteiger partial charge in [0.1, 0.15) is 16.5 Å². The molecule has 0 aliphatic heterocycles. The van der Waals surface area contributed by atoms with E-state index >= 15 is 0 Å². The Labute approximate surface area is 159 Å². The fourth-order valence-corrected chi connectivity index (χ4v) is 4.08. The minimum atomic E-state index is 0.0789. The van der Waals surface area contributed by atoms with Gasteiger partial charge >= 0.3 is 0 Å². The SMILES string of the molecule is CCN(CC)Cc1nc(N[C@@H](C)c2ccccn2)c2c(C)c(C)sc2n1. The van der Waals surface area contributed by atoms with E-state index in [1.54, 1.807) is 11.3 Å². The number of hydrogen-bond acceptors (Lipinski definition) is 6. The summed E-state index contributed by atoms with van der Waals surface area (Å²) in [5, 5.41) is 4.72. The Hall–Kier alpha value is -2.05. The van der Waals surface area contributed by atoms with Crippen LogP contribution in [0.15, 0.2) is 24.4 Å². The zero-order chi connectivity index (χ0) is 18.7. The van der Waals surface area contributed by atoms with Crippen molar-refractivity contribution in [1.82, 2.24) is 19.9 Å². The quantitative estimate of drug-likeness (QED) is 0.653. The lowest BCUT2D eigenvalue weighted by Crippen LogP contribution is -2.23. The van der Waals surface area contributed by atoms with E-state index in [1.807, 2.05) is 24.4 Å². The number of pyridine rings is 1. The molecule has 0 fully saturated rings. The van der Waals surface area contributed by atoms with Crippen molar-refractivity contribution in [2.24, 2.45) is 0 Å². The van der Waals surface area contributed by atoms with E-state index in [0.717, 1.165) is 47.2 Å². The van der Waals surface area contributed by atoms with Crippen molar-refractivity contribution >= 4 is 27.4 Å². The lowest BCUT2D eigenvalue weighted by molar-refractivity contribution is 0.289. The van der Waals surface area contributed by atoms with Gasteiger partial charge in [0.05, 0.1) is 23.7 Å². The maximum Gasteiger partial charge on any atom is 0.146 e. The van der Waals surface area contributed by atoms with Gasteiger partial charge in [-0.1, -0.05) is 19.9 Å². The Bertz CT molecular complexity index is 871. The summed E-state index contributed by atoms with van der Waals surface area (Å²) in [7, 11) is 0. The number of aryl methyl sites for hydroxylation is 2. The number of aromatic nitrogens is 3. The average molecular weight is 370 g/mol. The van der Waals surface area contributed by atoms with Crippen molar-refractivity contribution in [3.8, 4) is 0 Å². The zero-order valence-electron chi connectivity index (χ0n) is 16.2. The van der Waals surface area contributed by atoms with E-state index in [-0.39, 0.29) is 6.04 Å². The van der Waals surface area contributed by atoms with Crippen molar-refractivity contribution in [1.29, 1.82) is 0 Å². The first-order chi connectivity index (χ1) is 12.5. The van der Waals surface area contributed by atoms with Gasteiger partial charge in [0, 0.05) is 11.1 Å². The van der Waals surface area contributed by atoms with Crippen LogP contribution in [0.1, 0.15) is 48.8 Å². The van der Waals surface area contributed by atoms with Gasteiger partial charge < -0.3 is 5.32 Å². The van der Waals surface area contributed by atoms with Gasteiger partial charge in [-0.15, -0.1) is 11.3 Å². The zero-order valence-corrected chi connectivity index (χ0v) is 17.0. The highest BCUT2D eigenvalue weighted by Crippen LogP contribution is 2.34. The van der Waals surface area contributed by atoms with E-state index in [1.165, 1.54) is 10.4 Å². The van der Waals surface area contributed by atoms with Crippen LogP contribution in [-0.2, 0) is 6.54 Å². The molecule has 0 unspecified atom stereocenters. The lowest BCUT2D eigenvalue weighted by Gasteiger charge is -2.19. The number of hydrogen-bond donors (Lipinski definition) is 1. The predicted molar refractivity (Wildman–Crippen MR) is 110 cm³/mol.